The van der Waals surface area contributed by atoms with Crippen LogP contribution in [0.3, 0.4) is 0 Å². The summed E-state index contributed by atoms with van der Waals surface area (Å²) < 4.78 is 5.95. The Morgan fingerprint density at radius 2 is 1.52 bits per heavy atom. The Kier molecular flexibility index (Phi) is 6.66. The lowest BCUT2D eigenvalue weighted by molar-refractivity contribution is 0.121. The number of methoxy groups -OCH3 is 1. The van der Waals surface area contributed by atoms with Crippen LogP contribution in [0.4, 0.5) is 4.79 Å². The van der Waals surface area contributed by atoms with Crippen molar-refractivity contribution in [1.82, 2.24) is 4.90 Å². The molecule has 0 bridgehead atoms. The molecular formula is C23H22BrNO2. The van der Waals surface area contributed by atoms with E-state index in [0.717, 1.165) is 16.5 Å². The fourth-order valence-corrected chi connectivity index (χ4v) is 3.36. The Balaban J connectivity index is 1.66. The van der Waals surface area contributed by atoms with Gasteiger partial charge in [0.05, 0.1) is 13.7 Å². The minimum atomic E-state index is -0.313. The average molecular weight is 424 g/mol. The normalized spacial score (nSPS) is 10.4. The molecule has 0 aromatic heterocycles. The molecule has 138 valence electrons. The molecule has 0 radical (unpaired) electrons. The minimum Gasteiger partial charge on any atom is -0.453 e. The number of amides is 1. The van der Waals surface area contributed by atoms with E-state index in [1.165, 1.54) is 23.8 Å². The molecule has 0 aliphatic rings. The number of hydrogen-bond donors (Lipinski definition) is 0. The first-order valence-electron chi connectivity index (χ1n) is 8.88. The summed E-state index contributed by atoms with van der Waals surface area (Å²) in [5.41, 5.74) is 4.64. The molecule has 3 rings (SSSR count). The molecule has 0 heterocycles. The van der Waals surface area contributed by atoms with E-state index in [1.807, 2.05) is 42.5 Å². The lowest BCUT2D eigenvalue weighted by atomic mass is 10.0. The van der Waals surface area contributed by atoms with Gasteiger partial charge in [0.25, 0.3) is 0 Å². The number of halogens is 1. The largest absolute Gasteiger partial charge is 0.453 e. The molecule has 0 fully saturated rings. The first-order chi connectivity index (χ1) is 13.2. The smallest absolute Gasteiger partial charge is 0.409 e. The van der Waals surface area contributed by atoms with E-state index in [4.69, 9.17) is 4.74 Å². The van der Waals surface area contributed by atoms with Gasteiger partial charge in [-0.05, 0) is 34.7 Å². The number of ether oxygens (including phenoxy) is 1. The molecule has 0 atom stereocenters. The van der Waals surface area contributed by atoms with Gasteiger partial charge in [-0.1, -0.05) is 88.7 Å². The SMILES string of the molecule is COC(=O)N(CCc1ccc(-c2ccccc2)cc1)Cc1ccccc1Br. The first-order valence-corrected chi connectivity index (χ1v) is 9.67. The zero-order chi connectivity index (χ0) is 19.1. The summed E-state index contributed by atoms with van der Waals surface area (Å²) in [4.78, 5) is 13.9. The van der Waals surface area contributed by atoms with Gasteiger partial charge in [0, 0.05) is 11.0 Å². The van der Waals surface area contributed by atoms with E-state index in [-0.39, 0.29) is 6.09 Å². The summed E-state index contributed by atoms with van der Waals surface area (Å²) in [6.45, 7) is 1.11. The molecule has 3 aromatic carbocycles. The highest BCUT2D eigenvalue weighted by Gasteiger charge is 2.15. The van der Waals surface area contributed by atoms with Crippen LogP contribution in [0.25, 0.3) is 11.1 Å². The lowest BCUT2D eigenvalue weighted by Crippen LogP contribution is -2.32. The Hall–Kier alpha value is -2.59. The van der Waals surface area contributed by atoms with Crippen molar-refractivity contribution in [1.29, 1.82) is 0 Å². The second-order valence-corrected chi connectivity index (χ2v) is 7.15. The lowest BCUT2D eigenvalue weighted by Gasteiger charge is -2.22. The fraction of sp³-hybridized carbons (Fsp3) is 0.174. The summed E-state index contributed by atoms with van der Waals surface area (Å²) in [7, 11) is 1.42. The summed E-state index contributed by atoms with van der Waals surface area (Å²) >= 11 is 3.54. The summed E-state index contributed by atoms with van der Waals surface area (Å²) in [6.07, 6.45) is 0.459. The standard InChI is InChI=1S/C23H22BrNO2/c1-27-23(26)25(17-21-9-5-6-10-22(21)24)16-15-18-11-13-20(14-12-18)19-7-3-2-4-8-19/h2-14H,15-17H2,1H3. The highest BCUT2D eigenvalue weighted by Crippen LogP contribution is 2.21. The number of carbonyl (C=O) groups is 1. The van der Waals surface area contributed by atoms with Gasteiger partial charge in [-0.3, -0.25) is 0 Å². The molecule has 0 N–H and O–H groups in total. The van der Waals surface area contributed by atoms with Crippen LogP contribution in [0.2, 0.25) is 0 Å². The topological polar surface area (TPSA) is 29.5 Å². The zero-order valence-corrected chi connectivity index (χ0v) is 16.9. The molecule has 1 amide bonds. The summed E-state index contributed by atoms with van der Waals surface area (Å²) in [5.74, 6) is 0. The van der Waals surface area contributed by atoms with Crippen molar-refractivity contribution in [3.63, 3.8) is 0 Å². The first kappa shape index (κ1) is 19.2. The second-order valence-electron chi connectivity index (χ2n) is 6.30. The van der Waals surface area contributed by atoms with Gasteiger partial charge in [-0.15, -0.1) is 0 Å². The Bertz CT molecular complexity index is 878. The molecule has 4 heteroatoms. The van der Waals surface area contributed by atoms with E-state index in [2.05, 4.69) is 52.3 Å². The van der Waals surface area contributed by atoms with Crippen LogP contribution in [-0.4, -0.2) is 24.6 Å². The van der Waals surface area contributed by atoms with Crippen LogP contribution in [0.1, 0.15) is 11.1 Å². The van der Waals surface area contributed by atoms with E-state index >= 15 is 0 Å². The van der Waals surface area contributed by atoms with Crippen molar-refractivity contribution in [3.05, 3.63) is 94.5 Å². The number of benzene rings is 3. The maximum Gasteiger partial charge on any atom is 0.409 e. The Morgan fingerprint density at radius 1 is 0.889 bits per heavy atom. The number of hydrogen-bond acceptors (Lipinski definition) is 2. The zero-order valence-electron chi connectivity index (χ0n) is 15.3. The van der Waals surface area contributed by atoms with Crippen LogP contribution < -0.4 is 0 Å². The van der Waals surface area contributed by atoms with Gasteiger partial charge in [0.1, 0.15) is 0 Å². The highest BCUT2D eigenvalue weighted by molar-refractivity contribution is 9.10. The van der Waals surface area contributed by atoms with Gasteiger partial charge in [-0.2, -0.15) is 0 Å². The van der Waals surface area contributed by atoms with Crippen LogP contribution >= 0.6 is 15.9 Å². The third-order valence-corrected chi connectivity index (χ3v) is 5.26. The van der Waals surface area contributed by atoms with Crippen LogP contribution in [0.15, 0.2) is 83.3 Å². The quantitative estimate of drug-likeness (QED) is 0.491. The van der Waals surface area contributed by atoms with Gasteiger partial charge in [0.2, 0.25) is 0 Å². The Labute approximate surface area is 168 Å². The summed E-state index contributed by atoms with van der Waals surface area (Å²) in [5, 5.41) is 0. The van der Waals surface area contributed by atoms with Gasteiger partial charge < -0.3 is 9.64 Å². The van der Waals surface area contributed by atoms with Crippen LogP contribution in [0.5, 0.6) is 0 Å². The van der Waals surface area contributed by atoms with Crippen molar-refractivity contribution >= 4 is 22.0 Å². The number of carbonyl (C=O) groups excluding carboxylic acids is 1. The van der Waals surface area contributed by atoms with Gasteiger partial charge >= 0.3 is 6.09 Å². The van der Waals surface area contributed by atoms with Crippen LogP contribution in [-0.2, 0) is 17.7 Å². The molecule has 0 saturated heterocycles. The Morgan fingerprint density at radius 3 is 2.19 bits per heavy atom. The summed E-state index contributed by atoms with van der Waals surface area (Å²) in [6, 6.07) is 26.7. The monoisotopic (exact) mass is 423 g/mol. The third-order valence-electron chi connectivity index (χ3n) is 4.48. The molecule has 0 saturated carbocycles. The van der Waals surface area contributed by atoms with Crippen molar-refractivity contribution in [3.8, 4) is 11.1 Å². The maximum absolute atomic E-state index is 12.2. The second kappa shape index (κ2) is 9.38. The molecule has 3 aromatic rings. The van der Waals surface area contributed by atoms with Crippen molar-refractivity contribution in [2.24, 2.45) is 0 Å². The molecule has 0 aliphatic heterocycles. The third kappa shape index (κ3) is 5.20. The van der Waals surface area contributed by atoms with Crippen LogP contribution in [0, 0.1) is 0 Å². The predicted octanol–water partition coefficient (Wildman–Crippen LogP) is 5.93. The van der Waals surface area contributed by atoms with Crippen molar-refractivity contribution in [2.45, 2.75) is 13.0 Å². The number of nitrogens with zero attached hydrogens (tertiary/aromatic N) is 1. The van der Waals surface area contributed by atoms with Gasteiger partial charge in [0.15, 0.2) is 0 Å². The van der Waals surface area contributed by atoms with Crippen molar-refractivity contribution < 1.29 is 9.53 Å². The highest BCUT2D eigenvalue weighted by atomic mass is 79.9. The predicted molar refractivity (Wildman–Crippen MR) is 113 cm³/mol. The molecule has 3 nitrogen and oxygen atoms in total. The molecule has 0 spiro atoms. The van der Waals surface area contributed by atoms with E-state index in [9.17, 15) is 4.79 Å². The molecule has 0 aliphatic carbocycles. The van der Waals surface area contributed by atoms with E-state index < -0.39 is 0 Å². The van der Waals surface area contributed by atoms with Gasteiger partial charge in [-0.25, -0.2) is 4.79 Å². The molecular weight excluding hydrogens is 402 g/mol. The minimum absolute atomic E-state index is 0.313. The maximum atomic E-state index is 12.2. The average Bonchev–Trinajstić information content (AvgIpc) is 2.73. The molecule has 27 heavy (non-hydrogen) atoms. The molecule has 0 unspecified atom stereocenters. The number of rotatable bonds is 6. The fourth-order valence-electron chi connectivity index (χ4n) is 2.95. The van der Waals surface area contributed by atoms with E-state index in [0.29, 0.717) is 13.1 Å². The van der Waals surface area contributed by atoms with Crippen molar-refractivity contribution in [2.75, 3.05) is 13.7 Å². The van der Waals surface area contributed by atoms with E-state index in [1.54, 1.807) is 4.90 Å².